The Morgan fingerprint density at radius 1 is 1.30 bits per heavy atom. The molecule has 0 bridgehead atoms. The lowest BCUT2D eigenvalue weighted by Crippen LogP contribution is -2.50. The van der Waals surface area contributed by atoms with Gasteiger partial charge in [0.15, 0.2) is 0 Å². The Kier molecular flexibility index (Phi) is 6.27. The predicted octanol–water partition coefficient (Wildman–Crippen LogP) is 1.42. The molecule has 2 heterocycles. The smallest absolute Gasteiger partial charge is 0.0472 e. The molecule has 118 valence electrons. The van der Waals surface area contributed by atoms with E-state index in [4.69, 9.17) is 4.74 Å². The molecule has 4 nitrogen and oxygen atoms in total. The quantitative estimate of drug-likeness (QED) is 0.765. The summed E-state index contributed by atoms with van der Waals surface area (Å²) in [4.78, 5) is 5.09. The van der Waals surface area contributed by atoms with Crippen molar-refractivity contribution in [1.29, 1.82) is 0 Å². The van der Waals surface area contributed by atoms with Crippen LogP contribution in [0.1, 0.15) is 32.6 Å². The van der Waals surface area contributed by atoms with Crippen LogP contribution >= 0.6 is 0 Å². The van der Waals surface area contributed by atoms with E-state index in [1.165, 1.54) is 45.3 Å². The standard InChI is InChI=1S/C16H33N3O/c1-4-17-13-16(7-10-20-11-8-16)14-19-9-5-6-15(19)12-18(2)3/h15,17H,4-14H2,1-3H3. The molecular weight excluding hydrogens is 250 g/mol. The van der Waals surface area contributed by atoms with E-state index in [-0.39, 0.29) is 0 Å². The zero-order chi connectivity index (χ0) is 14.4. The van der Waals surface area contributed by atoms with Gasteiger partial charge < -0.3 is 15.0 Å². The Balaban J connectivity index is 1.95. The average molecular weight is 283 g/mol. The van der Waals surface area contributed by atoms with Gasteiger partial charge in [0.2, 0.25) is 0 Å². The molecule has 4 heteroatoms. The first kappa shape index (κ1) is 16.2. The van der Waals surface area contributed by atoms with E-state index in [0.717, 1.165) is 32.3 Å². The fraction of sp³-hybridized carbons (Fsp3) is 1.00. The highest BCUT2D eigenvalue weighted by molar-refractivity contribution is 4.91. The highest BCUT2D eigenvalue weighted by atomic mass is 16.5. The molecular formula is C16H33N3O. The van der Waals surface area contributed by atoms with Crippen molar-refractivity contribution in [3.05, 3.63) is 0 Å². The maximum atomic E-state index is 5.61. The third-order valence-corrected chi connectivity index (χ3v) is 4.92. The van der Waals surface area contributed by atoms with Crippen LogP contribution in [0.2, 0.25) is 0 Å². The van der Waals surface area contributed by atoms with Gasteiger partial charge in [0.1, 0.15) is 0 Å². The number of likely N-dealkylation sites (N-methyl/N-ethyl adjacent to an activating group) is 1. The van der Waals surface area contributed by atoms with Crippen LogP contribution < -0.4 is 5.32 Å². The lowest BCUT2D eigenvalue weighted by molar-refractivity contribution is -0.00754. The van der Waals surface area contributed by atoms with Gasteiger partial charge in [-0.3, -0.25) is 4.90 Å². The molecule has 20 heavy (non-hydrogen) atoms. The Morgan fingerprint density at radius 2 is 2.05 bits per heavy atom. The first-order valence-electron chi connectivity index (χ1n) is 8.32. The minimum atomic E-state index is 0.434. The van der Waals surface area contributed by atoms with Crippen molar-refractivity contribution in [1.82, 2.24) is 15.1 Å². The summed E-state index contributed by atoms with van der Waals surface area (Å²) in [6.45, 7) is 10.1. The lowest BCUT2D eigenvalue weighted by Gasteiger charge is -2.42. The van der Waals surface area contributed by atoms with Gasteiger partial charge in [-0.1, -0.05) is 6.92 Å². The predicted molar refractivity (Wildman–Crippen MR) is 84.2 cm³/mol. The molecule has 2 fully saturated rings. The van der Waals surface area contributed by atoms with Crippen LogP contribution in [0.15, 0.2) is 0 Å². The molecule has 1 N–H and O–H groups in total. The molecule has 2 aliphatic rings. The van der Waals surface area contributed by atoms with Crippen molar-refractivity contribution in [3.8, 4) is 0 Å². The number of rotatable bonds is 7. The average Bonchev–Trinajstić information content (AvgIpc) is 2.84. The van der Waals surface area contributed by atoms with E-state index >= 15 is 0 Å². The van der Waals surface area contributed by atoms with Gasteiger partial charge in [0.05, 0.1) is 0 Å². The molecule has 2 saturated heterocycles. The van der Waals surface area contributed by atoms with Gasteiger partial charge in [0, 0.05) is 38.9 Å². The van der Waals surface area contributed by atoms with Crippen LogP contribution in [0.25, 0.3) is 0 Å². The van der Waals surface area contributed by atoms with Crippen LogP contribution in [0.4, 0.5) is 0 Å². The summed E-state index contributed by atoms with van der Waals surface area (Å²) in [6.07, 6.45) is 5.16. The van der Waals surface area contributed by atoms with E-state index < -0.39 is 0 Å². The Morgan fingerprint density at radius 3 is 2.70 bits per heavy atom. The van der Waals surface area contributed by atoms with Crippen LogP contribution in [-0.2, 0) is 4.74 Å². The van der Waals surface area contributed by atoms with Crippen molar-refractivity contribution in [2.24, 2.45) is 5.41 Å². The molecule has 1 unspecified atom stereocenters. The molecule has 2 aliphatic heterocycles. The first-order chi connectivity index (χ1) is 9.65. The minimum absolute atomic E-state index is 0.434. The van der Waals surface area contributed by atoms with Crippen LogP contribution in [0, 0.1) is 5.41 Å². The van der Waals surface area contributed by atoms with Crippen molar-refractivity contribution in [3.63, 3.8) is 0 Å². The number of likely N-dealkylation sites (tertiary alicyclic amines) is 1. The second-order valence-electron chi connectivity index (χ2n) is 6.92. The lowest BCUT2D eigenvalue weighted by atomic mass is 9.79. The highest BCUT2D eigenvalue weighted by Gasteiger charge is 2.37. The number of hydrogen-bond acceptors (Lipinski definition) is 4. The van der Waals surface area contributed by atoms with Crippen LogP contribution in [0.5, 0.6) is 0 Å². The Hall–Kier alpha value is -0.160. The summed E-state index contributed by atoms with van der Waals surface area (Å²) in [5, 5.41) is 3.60. The molecule has 0 aliphatic carbocycles. The SMILES string of the molecule is CCNCC1(CN2CCCC2CN(C)C)CCOCC1. The third-order valence-electron chi connectivity index (χ3n) is 4.92. The maximum absolute atomic E-state index is 5.61. The molecule has 0 amide bonds. The van der Waals surface area contributed by atoms with Crippen molar-refractivity contribution in [2.75, 3.05) is 60.0 Å². The topological polar surface area (TPSA) is 27.7 Å². The van der Waals surface area contributed by atoms with Gasteiger partial charge in [-0.05, 0) is 58.3 Å². The summed E-state index contributed by atoms with van der Waals surface area (Å²) >= 11 is 0. The van der Waals surface area contributed by atoms with Gasteiger partial charge in [-0.25, -0.2) is 0 Å². The summed E-state index contributed by atoms with van der Waals surface area (Å²) < 4.78 is 5.61. The highest BCUT2D eigenvalue weighted by Crippen LogP contribution is 2.33. The van der Waals surface area contributed by atoms with Crippen molar-refractivity contribution in [2.45, 2.75) is 38.6 Å². The van der Waals surface area contributed by atoms with Gasteiger partial charge in [-0.2, -0.15) is 0 Å². The van der Waals surface area contributed by atoms with Crippen molar-refractivity contribution < 1.29 is 4.74 Å². The van der Waals surface area contributed by atoms with Gasteiger partial charge in [0.25, 0.3) is 0 Å². The molecule has 0 spiro atoms. The molecule has 0 saturated carbocycles. The van der Waals surface area contributed by atoms with E-state index in [2.05, 4.69) is 36.1 Å². The van der Waals surface area contributed by atoms with E-state index in [1.54, 1.807) is 0 Å². The monoisotopic (exact) mass is 283 g/mol. The molecule has 0 aromatic carbocycles. The first-order valence-corrected chi connectivity index (χ1v) is 8.32. The summed E-state index contributed by atoms with van der Waals surface area (Å²) in [7, 11) is 4.39. The summed E-state index contributed by atoms with van der Waals surface area (Å²) in [5.74, 6) is 0. The van der Waals surface area contributed by atoms with Crippen molar-refractivity contribution >= 4 is 0 Å². The van der Waals surface area contributed by atoms with Crippen LogP contribution in [-0.4, -0.2) is 75.9 Å². The largest absolute Gasteiger partial charge is 0.381 e. The molecule has 2 rings (SSSR count). The Bertz CT molecular complexity index is 277. The fourth-order valence-corrected chi connectivity index (χ4v) is 3.75. The summed E-state index contributed by atoms with van der Waals surface area (Å²) in [6, 6.07) is 0.756. The molecule has 0 aromatic heterocycles. The van der Waals surface area contributed by atoms with Gasteiger partial charge in [-0.15, -0.1) is 0 Å². The normalized spacial score (nSPS) is 27.3. The number of hydrogen-bond donors (Lipinski definition) is 1. The zero-order valence-corrected chi connectivity index (χ0v) is 13.7. The molecule has 1 atom stereocenters. The molecule has 0 aromatic rings. The van der Waals surface area contributed by atoms with E-state index in [0.29, 0.717) is 5.41 Å². The van der Waals surface area contributed by atoms with E-state index in [1.807, 2.05) is 0 Å². The Labute approximate surface area is 124 Å². The third kappa shape index (κ3) is 4.42. The van der Waals surface area contributed by atoms with Gasteiger partial charge >= 0.3 is 0 Å². The second kappa shape index (κ2) is 7.74. The number of nitrogens with one attached hydrogen (secondary N) is 1. The summed E-state index contributed by atoms with van der Waals surface area (Å²) in [5.41, 5.74) is 0.434. The van der Waals surface area contributed by atoms with E-state index in [9.17, 15) is 0 Å². The second-order valence-corrected chi connectivity index (χ2v) is 6.92. The minimum Gasteiger partial charge on any atom is -0.381 e. The zero-order valence-electron chi connectivity index (χ0n) is 13.7. The number of ether oxygens (including phenoxy) is 1. The molecule has 0 radical (unpaired) electrons. The maximum Gasteiger partial charge on any atom is 0.0472 e. The number of nitrogens with zero attached hydrogens (tertiary/aromatic N) is 2. The fourth-order valence-electron chi connectivity index (χ4n) is 3.75. The van der Waals surface area contributed by atoms with Crippen LogP contribution in [0.3, 0.4) is 0 Å².